The quantitative estimate of drug-likeness (QED) is 0.722. The van der Waals surface area contributed by atoms with Gasteiger partial charge in [0.25, 0.3) is 5.91 Å². The monoisotopic (exact) mass is 402 g/mol. The number of carbonyl (C=O) groups excluding carboxylic acids is 1. The van der Waals surface area contributed by atoms with Crippen molar-refractivity contribution in [1.82, 2.24) is 9.78 Å². The van der Waals surface area contributed by atoms with Gasteiger partial charge in [-0.25, -0.2) is 4.68 Å². The Labute approximate surface area is 176 Å². The molecule has 0 atom stereocenters. The zero-order valence-corrected chi connectivity index (χ0v) is 17.2. The molecule has 30 heavy (non-hydrogen) atoms. The average molecular weight is 402 g/mol. The highest BCUT2D eigenvalue weighted by molar-refractivity contribution is 6.04. The van der Waals surface area contributed by atoms with Crippen molar-refractivity contribution < 1.29 is 9.53 Å². The number of hydrogen-bond acceptors (Lipinski definition) is 4. The summed E-state index contributed by atoms with van der Waals surface area (Å²) in [6.45, 7) is 5.28. The minimum atomic E-state index is -0.141. The molecule has 3 aromatic rings. The normalized spacial score (nSPS) is 15.8. The van der Waals surface area contributed by atoms with Gasteiger partial charge in [-0.2, -0.15) is 5.10 Å². The Bertz CT molecular complexity index is 1070. The van der Waals surface area contributed by atoms with E-state index in [9.17, 15) is 4.79 Å². The van der Waals surface area contributed by atoms with E-state index in [4.69, 9.17) is 9.84 Å². The van der Waals surface area contributed by atoms with E-state index in [-0.39, 0.29) is 5.91 Å². The maximum absolute atomic E-state index is 13.1. The van der Waals surface area contributed by atoms with Crippen molar-refractivity contribution in [3.05, 3.63) is 71.0 Å². The highest BCUT2D eigenvalue weighted by Gasteiger charge is 2.27. The van der Waals surface area contributed by atoms with Crippen molar-refractivity contribution in [2.75, 3.05) is 36.5 Å². The molecule has 154 valence electrons. The van der Waals surface area contributed by atoms with Crippen LogP contribution in [0.5, 0.6) is 0 Å². The van der Waals surface area contributed by atoms with Gasteiger partial charge in [-0.1, -0.05) is 23.8 Å². The Kier molecular flexibility index (Phi) is 5.01. The maximum Gasteiger partial charge on any atom is 0.276 e. The number of ether oxygens (including phenoxy) is 1. The molecule has 1 aromatic heterocycles. The van der Waals surface area contributed by atoms with Crippen molar-refractivity contribution in [3.63, 3.8) is 0 Å². The van der Waals surface area contributed by atoms with E-state index in [0.717, 1.165) is 73.9 Å². The highest BCUT2D eigenvalue weighted by Crippen LogP contribution is 2.29. The minimum absolute atomic E-state index is 0.141. The van der Waals surface area contributed by atoms with Crippen LogP contribution < -0.4 is 10.2 Å². The molecule has 1 aliphatic heterocycles. The zero-order valence-electron chi connectivity index (χ0n) is 17.2. The van der Waals surface area contributed by atoms with Gasteiger partial charge in [0.05, 0.1) is 18.9 Å². The van der Waals surface area contributed by atoms with Gasteiger partial charge in [0.15, 0.2) is 5.69 Å². The highest BCUT2D eigenvalue weighted by atomic mass is 16.5. The van der Waals surface area contributed by atoms with E-state index < -0.39 is 0 Å². The number of anilines is 2. The zero-order chi connectivity index (χ0) is 20.5. The number of benzene rings is 2. The Morgan fingerprint density at radius 3 is 2.63 bits per heavy atom. The molecule has 0 bridgehead atoms. The standard InChI is InChI=1S/C24H26N4O2/c1-17-8-10-19(11-9-17)28-22-7-3-6-21(22)23(26-28)24(29)25-18-4-2-5-20(16-18)27-12-14-30-15-13-27/h2,4-5,8-11,16H,3,6-7,12-15H2,1H3,(H,25,29). The number of nitrogens with one attached hydrogen (secondary N) is 1. The van der Waals surface area contributed by atoms with Crippen molar-refractivity contribution in [1.29, 1.82) is 0 Å². The summed E-state index contributed by atoms with van der Waals surface area (Å²) in [5.74, 6) is -0.141. The summed E-state index contributed by atoms with van der Waals surface area (Å²) in [5.41, 5.74) is 6.89. The number of aromatic nitrogens is 2. The lowest BCUT2D eigenvalue weighted by atomic mass is 10.2. The van der Waals surface area contributed by atoms with Crippen molar-refractivity contribution >= 4 is 17.3 Å². The molecule has 2 aromatic carbocycles. The second-order valence-electron chi connectivity index (χ2n) is 7.98. The lowest BCUT2D eigenvalue weighted by molar-refractivity contribution is 0.102. The molecule has 0 spiro atoms. The molecule has 1 aliphatic carbocycles. The Balaban J connectivity index is 1.41. The molecule has 0 saturated carbocycles. The summed E-state index contributed by atoms with van der Waals surface area (Å²) in [7, 11) is 0. The summed E-state index contributed by atoms with van der Waals surface area (Å²) < 4.78 is 7.39. The molecule has 2 heterocycles. The third kappa shape index (κ3) is 3.59. The van der Waals surface area contributed by atoms with Gasteiger partial charge < -0.3 is 15.0 Å². The molecule has 6 heteroatoms. The topological polar surface area (TPSA) is 59.4 Å². The van der Waals surface area contributed by atoms with E-state index >= 15 is 0 Å². The smallest absolute Gasteiger partial charge is 0.276 e. The number of hydrogen-bond donors (Lipinski definition) is 1. The second-order valence-corrected chi connectivity index (χ2v) is 7.98. The fourth-order valence-corrected chi connectivity index (χ4v) is 4.31. The summed E-state index contributed by atoms with van der Waals surface area (Å²) in [6, 6.07) is 16.3. The SMILES string of the molecule is Cc1ccc(-n2nc(C(=O)Nc3cccc(N4CCOCC4)c3)c3c2CCC3)cc1. The first kappa shape index (κ1) is 18.9. The summed E-state index contributed by atoms with van der Waals surface area (Å²) in [5, 5.41) is 7.79. The summed E-state index contributed by atoms with van der Waals surface area (Å²) in [4.78, 5) is 15.4. The van der Waals surface area contributed by atoms with Crippen LogP contribution in [0.3, 0.4) is 0 Å². The second kappa shape index (κ2) is 7.95. The van der Waals surface area contributed by atoms with E-state index in [1.165, 1.54) is 5.56 Å². The lowest BCUT2D eigenvalue weighted by Crippen LogP contribution is -2.36. The van der Waals surface area contributed by atoms with Gasteiger partial charge in [0.2, 0.25) is 0 Å². The molecule has 1 N–H and O–H groups in total. The van der Waals surface area contributed by atoms with Crippen LogP contribution in [0, 0.1) is 6.92 Å². The first-order chi connectivity index (χ1) is 14.7. The van der Waals surface area contributed by atoms with Crippen LogP contribution in [0.1, 0.15) is 33.7 Å². The predicted octanol–water partition coefficient (Wildman–Crippen LogP) is 3.76. The van der Waals surface area contributed by atoms with Gasteiger partial charge in [-0.15, -0.1) is 0 Å². The van der Waals surface area contributed by atoms with Gasteiger partial charge in [0, 0.05) is 35.7 Å². The minimum Gasteiger partial charge on any atom is -0.378 e. The first-order valence-corrected chi connectivity index (χ1v) is 10.6. The van der Waals surface area contributed by atoms with Crippen LogP contribution in [0.2, 0.25) is 0 Å². The Morgan fingerprint density at radius 2 is 1.83 bits per heavy atom. The van der Waals surface area contributed by atoms with Crippen LogP contribution in [-0.2, 0) is 17.6 Å². The number of amides is 1. The van der Waals surface area contributed by atoms with E-state index in [2.05, 4.69) is 47.5 Å². The van der Waals surface area contributed by atoms with Gasteiger partial charge in [-0.3, -0.25) is 4.79 Å². The molecule has 6 nitrogen and oxygen atoms in total. The predicted molar refractivity (Wildman–Crippen MR) is 118 cm³/mol. The maximum atomic E-state index is 13.1. The van der Waals surface area contributed by atoms with Gasteiger partial charge >= 0.3 is 0 Å². The number of carbonyl (C=O) groups is 1. The summed E-state index contributed by atoms with van der Waals surface area (Å²) in [6.07, 6.45) is 2.92. The fourth-order valence-electron chi connectivity index (χ4n) is 4.31. The van der Waals surface area contributed by atoms with E-state index in [1.54, 1.807) is 0 Å². The van der Waals surface area contributed by atoms with Crippen molar-refractivity contribution in [2.45, 2.75) is 26.2 Å². The van der Waals surface area contributed by atoms with Gasteiger partial charge in [0.1, 0.15) is 0 Å². The molecule has 1 fully saturated rings. The molecular weight excluding hydrogens is 376 g/mol. The van der Waals surface area contributed by atoms with Crippen molar-refractivity contribution in [2.24, 2.45) is 0 Å². The number of fused-ring (bicyclic) bond motifs is 1. The average Bonchev–Trinajstić information content (AvgIpc) is 3.38. The number of aryl methyl sites for hydroxylation is 1. The molecule has 0 unspecified atom stereocenters. The van der Waals surface area contributed by atoms with E-state index in [0.29, 0.717) is 5.69 Å². The molecule has 1 saturated heterocycles. The Hall–Kier alpha value is -3.12. The first-order valence-electron chi connectivity index (χ1n) is 10.6. The van der Waals surface area contributed by atoms with Crippen LogP contribution in [0.15, 0.2) is 48.5 Å². The van der Waals surface area contributed by atoms with Crippen LogP contribution >= 0.6 is 0 Å². The molecule has 2 aliphatic rings. The van der Waals surface area contributed by atoms with Gasteiger partial charge in [-0.05, 0) is 56.5 Å². The third-order valence-electron chi connectivity index (χ3n) is 5.90. The number of nitrogens with zero attached hydrogens (tertiary/aromatic N) is 3. The van der Waals surface area contributed by atoms with E-state index in [1.807, 2.05) is 22.9 Å². The number of rotatable bonds is 4. The van der Waals surface area contributed by atoms with Crippen molar-refractivity contribution in [3.8, 4) is 5.69 Å². The molecule has 1 amide bonds. The van der Waals surface area contributed by atoms with Crippen LogP contribution in [0.25, 0.3) is 5.69 Å². The molecule has 0 radical (unpaired) electrons. The Morgan fingerprint density at radius 1 is 1.03 bits per heavy atom. The fraction of sp³-hybridized carbons (Fsp3) is 0.333. The third-order valence-corrected chi connectivity index (χ3v) is 5.90. The lowest BCUT2D eigenvalue weighted by Gasteiger charge is -2.29. The largest absolute Gasteiger partial charge is 0.378 e. The van der Waals surface area contributed by atoms with Crippen LogP contribution in [0.4, 0.5) is 11.4 Å². The molecule has 5 rings (SSSR count). The van der Waals surface area contributed by atoms with Crippen LogP contribution in [-0.4, -0.2) is 42.0 Å². The number of morpholine rings is 1. The summed E-state index contributed by atoms with van der Waals surface area (Å²) >= 11 is 0. The molecular formula is C24H26N4O2.